The monoisotopic (exact) mass is 237 g/mol. The number of nitrogens with one attached hydrogen (secondary N) is 1. The molecular weight excluding hydrogens is 226 g/mol. The van der Waals surface area contributed by atoms with Gasteiger partial charge in [-0.15, -0.1) is 11.3 Å². The molecule has 0 amide bonds. The van der Waals surface area contributed by atoms with Crippen LogP contribution in [0.2, 0.25) is 0 Å². The summed E-state index contributed by atoms with van der Waals surface area (Å²) in [6.07, 6.45) is 1.85. The Morgan fingerprint density at radius 3 is 3.06 bits per heavy atom. The topological polar surface area (TPSA) is 67.2 Å². The number of rotatable bonds is 4. The minimum atomic E-state index is -0.889. The summed E-state index contributed by atoms with van der Waals surface area (Å²) >= 11 is 1.43. The lowest BCUT2D eigenvalue weighted by atomic mass is 10.3. The van der Waals surface area contributed by atoms with E-state index in [1.165, 1.54) is 11.3 Å². The molecule has 0 aliphatic rings. The summed E-state index contributed by atoms with van der Waals surface area (Å²) in [4.78, 5) is 11.6. The van der Waals surface area contributed by atoms with Gasteiger partial charge in [-0.05, 0) is 6.07 Å². The van der Waals surface area contributed by atoms with Crippen molar-refractivity contribution >= 4 is 23.1 Å². The lowest BCUT2D eigenvalue weighted by Gasteiger charge is -1.98. The standard InChI is InChI=1S/C10H11N3O2S/c1-13-3-2-9(12-13)11-5-8-4-7(6-16-8)10(14)15/h2-4,6H,5H2,1H3,(H,11,12)(H,14,15). The fourth-order valence-electron chi connectivity index (χ4n) is 1.27. The lowest BCUT2D eigenvalue weighted by molar-refractivity contribution is 0.0697. The average Bonchev–Trinajstić information content (AvgIpc) is 2.83. The fourth-order valence-corrected chi connectivity index (χ4v) is 2.07. The Labute approximate surface area is 96.3 Å². The number of aromatic nitrogens is 2. The van der Waals surface area contributed by atoms with Gasteiger partial charge in [0.2, 0.25) is 0 Å². The molecule has 2 rings (SSSR count). The Bertz CT molecular complexity index is 504. The summed E-state index contributed by atoms with van der Waals surface area (Å²) < 4.78 is 1.71. The second-order valence-electron chi connectivity index (χ2n) is 3.34. The summed E-state index contributed by atoms with van der Waals surface area (Å²) in [5, 5.41) is 17.7. The molecule has 0 bridgehead atoms. The summed E-state index contributed by atoms with van der Waals surface area (Å²) in [6.45, 7) is 0.592. The number of carboxylic acid groups (broad SMARTS) is 1. The molecule has 2 aromatic heterocycles. The first kappa shape index (κ1) is 10.7. The maximum Gasteiger partial charge on any atom is 0.336 e. The number of carboxylic acids is 1. The molecule has 0 atom stereocenters. The molecule has 2 N–H and O–H groups in total. The van der Waals surface area contributed by atoms with Crippen LogP contribution < -0.4 is 5.32 Å². The third-order valence-electron chi connectivity index (χ3n) is 2.06. The molecule has 0 spiro atoms. The maximum atomic E-state index is 10.7. The highest BCUT2D eigenvalue weighted by molar-refractivity contribution is 7.10. The number of carbonyl (C=O) groups is 1. The van der Waals surface area contributed by atoms with E-state index < -0.39 is 5.97 Å². The molecule has 5 nitrogen and oxygen atoms in total. The van der Waals surface area contributed by atoms with Crippen molar-refractivity contribution in [1.29, 1.82) is 0 Å². The molecule has 2 heterocycles. The molecule has 0 aliphatic carbocycles. The lowest BCUT2D eigenvalue weighted by Crippen LogP contribution is -1.99. The molecule has 2 aromatic rings. The smallest absolute Gasteiger partial charge is 0.336 e. The van der Waals surface area contributed by atoms with Gasteiger partial charge >= 0.3 is 5.97 Å². The molecule has 0 unspecified atom stereocenters. The first-order valence-electron chi connectivity index (χ1n) is 4.69. The van der Waals surface area contributed by atoms with E-state index in [1.54, 1.807) is 16.1 Å². The van der Waals surface area contributed by atoms with Gasteiger partial charge < -0.3 is 10.4 Å². The Morgan fingerprint density at radius 2 is 2.50 bits per heavy atom. The van der Waals surface area contributed by atoms with Crippen molar-refractivity contribution in [2.75, 3.05) is 5.32 Å². The van der Waals surface area contributed by atoms with Crippen molar-refractivity contribution in [3.63, 3.8) is 0 Å². The normalized spacial score (nSPS) is 10.3. The predicted octanol–water partition coefficient (Wildman–Crippen LogP) is 1.79. The number of anilines is 1. The quantitative estimate of drug-likeness (QED) is 0.850. The molecule has 84 valence electrons. The van der Waals surface area contributed by atoms with Crippen LogP contribution in [0.25, 0.3) is 0 Å². The van der Waals surface area contributed by atoms with Gasteiger partial charge in [-0.2, -0.15) is 5.10 Å². The largest absolute Gasteiger partial charge is 0.478 e. The zero-order chi connectivity index (χ0) is 11.5. The number of hydrogen-bond donors (Lipinski definition) is 2. The van der Waals surface area contributed by atoms with E-state index in [1.807, 2.05) is 19.3 Å². The Kier molecular flexibility index (Phi) is 2.91. The second-order valence-corrected chi connectivity index (χ2v) is 4.33. The zero-order valence-electron chi connectivity index (χ0n) is 8.67. The van der Waals surface area contributed by atoms with E-state index >= 15 is 0 Å². The number of hydrogen-bond acceptors (Lipinski definition) is 4. The highest BCUT2D eigenvalue weighted by Gasteiger charge is 2.06. The van der Waals surface area contributed by atoms with Crippen molar-refractivity contribution in [2.45, 2.75) is 6.54 Å². The first-order chi connectivity index (χ1) is 7.65. The van der Waals surface area contributed by atoms with Crippen LogP contribution in [-0.4, -0.2) is 20.9 Å². The minimum Gasteiger partial charge on any atom is -0.478 e. The molecule has 6 heteroatoms. The molecule has 0 fully saturated rings. The van der Waals surface area contributed by atoms with Crippen LogP contribution >= 0.6 is 11.3 Å². The third-order valence-corrected chi connectivity index (χ3v) is 2.99. The predicted molar refractivity (Wildman–Crippen MR) is 61.8 cm³/mol. The van der Waals surface area contributed by atoms with Crippen molar-refractivity contribution in [2.24, 2.45) is 7.05 Å². The summed E-state index contributed by atoms with van der Waals surface area (Å²) in [5.41, 5.74) is 0.336. The number of nitrogens with zero attached hydrogens (tertiary/aromatic N) is 2. The average molecular weight is 237 g/mol. The van der Waals surface area contributed by atoms with Crippen LogP contribution in [0.5, 0.6) is 0 Å². The van der Waals surface area contributed by atoms with Crippen LogP contribution in [0.15, 0.2) is 23.7 Å². The molecule has 0 aromatic carbocycles. The number of thiophene rings is 1. The maximum absolute atomic E-state index is 10.7. The fraction of sp³-hybridized carbons (Fsp3) is 0.200. The van der Waals surface area contributed by atoms with Crippen LogP contribution in [0.1, 0.15) is 15.2 Å². The van der Waals surface area contributed by atoms with Gasteiger partial charge in [-0.3, -0.25) is 4.68 Å². The van der Waals surface area contributed by atoms with Gasteiger partial charge in [0.15, 0.2) is 0 Å². The molecule has 0 saturated heterocycles. The molecule has 0 saturated carbocycles. The summed E-state index contributed by atoms with van der Waals surface area (Å²) in [6, 6.07) is 3.54. The van der Waals surface area contributed by atoms with Gasteiger partial charge in [0.1, 0.15) is 5.82 Å². The highest BCUT2D eigenvalue weighted by Crippen LogP contribution is 2.16. The van der Waals surface area contributed by atoms with E-state index in [0.29, 0.717) is 12.1 Å². The van der Waals surface area contributed by atoms with E-state index in [-0.39, 0.29) is 0 Å². The van der Waals surface area contributed by atoms with Gasteiger partial charge in [0.05, 0.1) is 12.1 Å². The Balaban J connectivity index is 1.97. The van der Waals surface area contributed by atoms with E-state index in [2.05, 4.69) is 10.4 Å². The van der Waals surface area contributed by atoms with Gasteiger partial charge in [0.25, 0.3) is 0 Å². The van der Waals surface area contributed by atoms with Crippen LogP contribution in [-0.2, 0) is 13.6 Å². The van der Waals surface area contributed by atoms with Crippen LogP contribution in [0, 0.1) is 0 Å². The molecule has 0 radical (unpaired) electrons. The second kappa shape index (κ2) is 4.36. The summed E-state index contributed by atoms with van der Waals surface area (Å²) in [7, 11) is 1.85. The summed E-state index contributed by atoms with van der Waals surface area (Å²) in [5.74, 6) is -0.104. The van der Waals surface area contributed by atoms with E-state index in [9.17, 15) is 4.79 Å². The Hall–Kier alpha value is -1.82. The van der Waals surface area contributed by atoms with Gasteiger partial charge in [-0.25, -0.2) is 4.79 Å². The van der Waals surface area contributed by atoms with E-state index in [4.69, 9.17) is 5.11 Å². The molecule has 0 aliphatic heterocycles. The van der Waals surface area contributed by atoms with Crippen molar-refractivity contribution in [1.82, 2.24) is 9.78 Å². The SMILES string of the molecule is Cn1ccc(NCc2cc(C(=O)O)cs2)n1. The van der Waals surface area contributed by atoms with Gasteiger partial charge in [0, 0.05) is 29.6 Å². The van der Waals surface area contributed by atoms with Crippen molar-refractivity contribution in [3.05, 3.63) is 34.2 Å². The van der Waals surface area contributed by atoms with Gasteiger partial charge in [-0.1, -0.05) is 0 Å². The number of aryl methyl sites for hydroxylation is 1. The third kappa shape index (κ3) is 2.40. The Morgan fingerprint density at radius 1 is 1.69 bits per heavy atom. The van der Waals surface area contributed by atoms with Crippen LogP contribution in [0.3, 0.4) is 0 Å². The van der Waals surface area contributed by atoms with E-state index in [0.717, 1.165) is 10.7 Å². The van der Waals surface area contributed by atoms with Crippen molar-refractivity contribution in [3.8, 4) is 0 Å². The number of aromatic carboxylic acids is 1. The minimum absolute atomic E-state index is 0.336. The molecule has 16 heavy (non-hydrogen) atoms. The first-order valence-corrected chi connectivity index (χ1v) is 5.57. The molecular formula is C10H11N3O2S. The van der Waals surface area contributed by atoms with Crippen LogP contribution in [0.4, 0.5) is 5.82 Å². The zero-order valence-corrected chi connectivity index (χ0v) is 9.49. The van der Waals surface area contributed by atoms with Crippen molar-refractivity contribution < 1.29 is 9.90 Å². The highest BCUT2D eigenvalue weighted by atomic mass is 32.1.